The van der Waals surface area contributed by atoms with Crippen molar-refractivity contribution in [3.8, 4) is 10.6 Å². The molecule has 0 atom stereocenters. The highest BCUT2D eigenvalue weighted by Crippen LogP contribution is 2.21. The fourth-order valence-corrected chi connectivity index (χ4v) is 3.42. The molecule has 0 unspecified atom stereocenters. The van der Waals surface area contributed by atoms with Crippen LogP contribution in [0.2, 0.25) is 0 Å². The van der Waals surface area contributed by atoms with E-state index in [-0.39, 0.29) is 17.0 Å². The Kier molecular flexibility index (Phi) is 5.46. The van der Waals surface area contributed by atoms with Crippen molar-refractivity contribution in [1.82, 2.24) is 9.88 Å². The highest BCUT2D eigenvalue weighted by Gasteiger charge is 2.19. The van der Waals surface area contributed by atoms with Crippen LogP contribution in [0.4, 0.5) is 0 Å². The lowest BCUT2D eigenvalue weighted by molar-refractivity contribution is 0.0741. The Hall–Kier alpha value is -2.66. The monoisotopic (exact) mass is 352 g/mol. The van der Waals surface area contributed by atoms with Gasteiger partial charge in [0.2, 0.25) is 0 Å². The summed E-state index contributed by atoms with van der Waals surface area (Å²) >= 11 is 1.55. The molecule has 0 saturated carbocycles. The number of nitrogens with zero attached hydrogens (tertiary/aromatic N) is 1. The minimum atomic E-state index is -0.343. The van der Waals surface area contributed by atoms with Crippen LogP contribution in [0.5, 0.6) is 0 Å². The van der Waals surface area contributed by atoms with E-state index in [2.05, 4.69) is 4.98 Å². The van der Waals surface area contributed by atoms with Gasteiger partial charge in [-0.15, -0.1) is 11.3 Å². The van der Waals surface area contributed by atoms with Crippen LogP contribution in [-0.4, -0.2) is 22.3 Å². The number of thiophene rings is 1. The van der Waals surface area contributed by atoms with E-state index in [4.69, 9.17) is 0 Å². The van der Waals surface area contributed by atoms with E-state index in [1.807, 2.05) is 54.8 Å². The summed E-state index contributed by atoms with van der Waals surface area (Å²) in [4.78, 5) is 30.8. The van der Waals surface area contributed by atoms with Crippen LogP contribution in [0.1, 0.15) is 29.3 Å². The van der Waals surface area contributed by atoms with E-state index in [0.29, 0.717) is 13.1 Å². The van der Waals surface area contributed by atoms with Crippen LogP contribution in [-0.2, 0) is 6.54 Å². The third-order valence-corrected chi connectivity index (χ3v) is 4.83. The molecule has 0 aliphatic heterocycles. The van der Waals surface area contributed by atoms with Crippen molar-refractivity contribution in [3.05, 3.63) is 81.5 Å². The standard InChI is InChI=1S/C20H20N2O2S/c1-2-12-22(14-15-7-4-3-5-8-15)20(24)16-10-11-17(21-19(16)23)18-9-6-13-25-18/h3-11,13H,2,12,14H2,1H3,(H,21,23). The molecule has 1 amide bonds. The summed E-state index contributed by atoms with van der Waals surface area (Å²) in [5.74, 6) is -0.232. The van der Waals surface area contributed by atoms with Crippen molar-refractivity contribution in [2.75, 3.05) is 6.54 Å². The van der Waals surface area contributed by atoms with Crippen molar-refractivity contribution in [2.24, 2.45) is 0 Å². The average molecular weight is 352 g/mol. The molecule has 4 nitrogen and oxygen atoms in total. The molecule has 0 spiro atoms. The van der Waals surface area contributed by atoms with E-state index < -0.39 is 0 Å². The summed E-state index contributed by atoms with van der Waals surface area (Å²) in [6.07, 6.45) is 0.837. The SMILES string of the molecule is CCCN(Cc1ccccc1)C(=O)c1ccc(-c2cccs2)[nH]c1=O. The molecule has 3 aromatic rings. The fourth-order valence-electron chi connectivity index (χ4n) is 2.71. The number of nitrogens with one attached hydrogen (secondary N) is 1. The second-order valence-corrected chi connectivity index (χ2v) is 6.75. The molecule has 5 heteroatoms. The van der Waals surface area contributed by atoms with Crippen molar-refractivity contribution in [3.63, 3.8) is 0 Å². The van der Waals surface area contributed by atoms with Gasteiger partial charge in [-0.3, -0.25) is 9.59 Å². The molecule has 0 bridgehead atoms. The smallest absolute Gasteiger partial charge is 0.261 e. The molecule has 3 rings (SSSR count). The number of amides is 1. The Morgan fingerprint density at radius 2 is 1.88 bits per heavy atom. The van der Waals surface area contributed by atoms with Crippen LogP contribution in [0.25, 0.3) is 10.6 Å². The van der Waals surface area contributed by atoms with E-state index >= 15 is 0 Å². The number of aromatic amines is 1. The number of hydrogen-bond donors (Lipinski definition) is 1. The van der Waals surface area contributed by atoms with Gasteiger partial charge in [0.05, 0.1) is 10.6 Å². The number of carbonyl (C=O) groups excluding carboxylic acids is 1. The predicted octanol–water partition coefficient (Wildman–Crippen LogP) is 4.16. The van der Waals surface area contributed by atoms with Gasteiger partial charge in [0, 0.05) is 13.1 Å². The molecule has 0 radical (unpaired) electrons. The third-order valence-electron chi connectivity index (χ3n) is 3.92. The maximum Gasteiger partial charge on any atom is 0.261 e. The van der Waals surface area contributed by atoms with Crippen LogP contribution >= 0.6 is 11.3 Å². The van der Waals surface area contributed by atoms with Crippen molar-refractivity contribution < 1.29 is 4.79 Å². The number of pyridine rings is 1. The Morgan fingerprint density at radius 1 is 1.08 bits per heavy atom. The molecule has 25 heavy (non-hydrogen) atoms. The number of rotatable bonds is 6. The molecular formula is C20H20N2O2S. The summed E-state index contributed by atoms with van der Waals surface area (Å²) in [6, 6.07) is 17.1. The second-order valence-electron chi connectivity index (χ2n) is 5.80. The zero-order valence-corrected chi connectivity index (χ0v) is 14.9. The molecule has 2 aromatic heterocycles. The Bertz CT molecular complexity index is 886. The summed E-state index contributed by atoms with van der Waals surface area (Å²) in [7, 11) is 0. The molecular weight excluding hydrogens is 332 g/mol. The van der Waals surface area contributed by atoms with Crippen LogP contribution in [0.3, 0.4) is 0 Å². The largest absolute Gasteiger partial charge is 0.334 e. The molecule has 128 valence electrons. The van der Waals surface area contributed by atoms with Crippen molar-refractivity contribution >= 4 is 17.2 Å². The molecule has 0 saturated heterocycles. The lowest BCUT2D eigenvalue weighted by Gasteiger charge is -2.22. The number of benzene rings is 1. The minimum absolute atomic E-state index is 0.185. The van der Waals surface area contributed by atoms with Crippen molar-refractivity contribution in [1.29, 1.82) is 0 Å². The van der Waals surface area contributed by atoms with Crippen LogP contribution in [0, 0.1) is 0 Å². The molecule has 0 fully saturated rings. The number of hydrogen-bond acceptors (Lipinski definition) is 3. The second kappa shape index (κ2) is 7.94. The van der Waals surface area contributed by atoms with E-state index in [9.17, 15) is 9.59 Å². The molecule has 1 aromatic carbocycles. The van der Waals surface area contributed by atoms with Gasteiger partial charge in [-0.05, 0) is 35.6 Å². The lowest BCUT2D eigenvalue weighted by Crippen LogP contribution is -2.35. The topological polar surface area (TPSA) is 53.2 Å². The first-order chi connectivity index (χ1) is 12.2. The summed E-state index contributed by atoms with van der Waals surface area (Å²) in [5.41, 5.74) is 1.63. The quantitative estimate of drug-likeness (QED) is 0.724. The molecule has 0 aliphatic carbocycles. The van der Waals surface area contributed by atoms with Crippen molar-refractivity contribution in [2.45, 2.75) is 19.9 Å². The first-order valence-corrected chi connectivity index (χ1v) is 9.17. The Morgan fingerprint density at radius 3 is 2.52 bits per heavy atom. The normalized spacial score (nSPS) is 10.6. The van der Waals surface area contributed by atoms with Gasteiger partial charge in [0.1, 0.15) is 5.56 Å². The first kappa shape index (κ1) is 17.2. The zero-order chi connectivity index (χ0) is 17.6. The Labute approximate surface area is 150 Å². The fraction of sp³-hybridized carbons (Fsp3) is 0.200. The third kappa shape index (κ3) is 4.06. The Balaban J connectivity index is 1.85. The maximum atomic E-state index is 12.9. The summed E-state index contributed by atoms with van der Waals surface area (Å²) in [5, 5.41) is 1.95. The van der Waals surface area contributed by atoms with Crippen LogP contribution in [0.15, 0.2) is 64.8 Å². The maximum absolute atomic E-state index is 12.9. The number of carbonyl (C=O) groups is 1. The van der Waals surface area contributed by atoms with Gasteiger partial charge in [-0.1, -0.05) is 43.3 Å². The van der Waals surface area contributed by atoms with Crippen LogP contribution < -0.4 is 5.56 Å². The van der Waals surface area contributed by atoms with E-state index in [1.165, 1.54) is 0 Å². The first-order valence-electron chi connectivity index (χ1n) is 8.29. The van der Waals surface area contributed by atoms with Gasteiger partial charge in [-0.2, -0.15) is 0 Å². The highest BCUT2D eigenvalue weighted by molar-refractivity contribution is 7.13. The lowest BCUT2D eigenvalue weighted by atomic mass is 10.1. The number of H-pyrrole nitrogens is 1. The van der Waals surface area contributed by atoms with Gasteiger partial charge >= 0.3 is 0 Å². The minimum Gasteiger partial charge on any atom is -0.334 e. The van der Waals surface area contributed by atoms with E-state index in [0.717, 1.165) is 22.6 Å². The average Bonchev–Trinajstić information content (AvgIpc) is 3.16. The van der Waals surface area contributed by atoms with Gasteiger partial charge in [-0.25, -0.2) is 0 Å². The molecule has 1 N–H and O–H groups in total. The summed E-state index contributed by atoms with van der Waals surface area (Å²) < 4.78 is 0. The highest BCUT2D eigenvalue weighted by atomic mass is 32.1. The molecule has 2 heterocycles. The van der Waals surface area contributed by atoms with E-state index in [1.54, 1.807) is 28.4 Å². The van der Waals surface area contributed by atoms with Gasteiger partial charge in [0.15, 0.2) is 0 Å². The number of aromatic nitrogens is 1. The van der Waals surface area contributed by atoms with Gasteiger partial charge in [0.25, 0.3) is 11.5 Å². The summed E-state index contributed by atoms with van der Waals surface area (Å²) in [6.45, 7) is 3.13. The molecule has 0 aliphatic rings. The zero-order valence-electron chi connectivity index (χ0n) is 14.1. The van der Waals surface area contributed by atoms with Gasteiger partial charge < -0.3 is 9.88 Å². The predicted molar refractivity (Wildman–Crippen MR) is 102 cm³/mol.